The average molecular weight is 428 g/mol. The van der Waals surface area contributed by atoms with Gasteiger partial charge >= 0.3 is 0 Å². The number of nitrogens with one attached hydrogen (secondary N) is 1. The minimum atomic E-state index is -0.155. The molecule has 0 aliphatic carbocycles. The van der Waals surface area contributed by atoms with Gasteiger partial charge in [-0.3, -0.25) is 4.90 Å². The summed E-state index contributed by atoms with van der Waals surface area (Å²) in [4.78, 5) is 5.07. The van der Waals surface area contributed by atoms with Crippen LogP contribution in [-0.2, 0) is 0 Å². The molecule has 0 amide bonds. The molecule has 31 heavy (non-hydrogen) atoms. The largest absolute Gasteiger partial charge is 0.493 e. The van der Waals surface area contributed by atoms with Crippen molar-refractivity contribution in [3.63, 3.8) is 0 Å². The highest BCUT2D eigenvalue weighted by Crippen LogP contribution is 2.31. The Morgan fingerprint density at radius 2 is 1.71 bits per heavy atom. The lowest BCUT2D eigenvalue weighted by atomic mass is 9.97. The lowest BCUT2D eigenvalue weighted by Gasteiger charge is -2.43. The fourth-order valence-corrected chi connectivity index (χ4v) is 5.06. The smallest absolute Gasteiger partial charge is 0.162 e. The molecule has 2 saturated heterocycles. The molecule has 2 aromatic carbocycles. The predicted molar refractivity (Wildman–Crippen MR) is 124 cm³/mol. The van der Waals surface area contributed by atoms with Gasteiger partial charge in [0.2, 0.25) is 0 Å². The van der Waals surface area contributed by atoms with Gasteiger partial charge in [0.25, 0.3) is 0 Å². The zero-order valence-electron chi connectivity index (χ0n) is 18.9. The summed E-state index contributed by atoms with van der Waals surface area (Å²) in [6, 6.07) is 12.2. The highest BCUT2D eigenvalue weighted by Gasteiger charge is 2.29. The molecule has 1 unspecified atom stereocenters. The molecule has 0 aromatic heterocycles. The van der Waals surface area contributed by atoms with E-state index in [1.807, 2.05) is 25.1 Å². The lowest BCUT2D eigenvalue weighted by Crippen LogP contribution is -2.51. The Morgan fingerprint density at radius 1 is 0.935 bits per heavy atom. The number of anilines is 2. The molecule has 2 aliphatic rings. The van der Waals surface area contributed by atoms with E-state index >= 15 is 0 Å². The van der Waals surface area contributed by atoms with Gasteiger partial charge in [0.1, 0.15) is 5.82 Å². The first-order chi connectivity index (χ1) is 15.1. The molecule has 2 heterocycles. The van der Waals surface area contributed by atoms with Crippen molar-refractivity contribution in [1.82, 2.24) is 4.90 Å². The van der Waals surface area contributed by atoms with Gasteiger partial charge in [0, 0.05) is 49.2 Å². The van der Waals surface area contributed by atoms with Crippen molar-refractivity contribution >= 4 is 11.4 Å². The number of methoxy groups -OCH3 is 2. The molecule has 1 atom stereocenters. The number of hydrogen-bond donors (Lipinski definition) is 1. The van der Waals surface area contributed by atoms with Crippen molar-refractivity contribution in [1.29, 1.82) is 0 Å². The third-order valence-corrected chi connectivity index (χ3v) is 6.69. The monoisotopic (exact) mass is 427 g/mol. The zero-order chi connectivity index (χ0) is 21.8. The maximum atomic E-state index is 13.4. The van der Waals surface area contributed by atoms with E-state index in [-0.39, 0.29) is 5.82 Å². The van der Waals surface area contributed by atoms with Crippen molar-refractivity contribution in [2.24, 2.45) is 0 Å². The number of piperidine rings is 2. The summed E-state index contributed by atoms with van der Waals surface area (Å²) < 4.78 is 24.2. The van der Waals surface area contributed by atoms with Gasteiger partial charge in [0.15, 0.2) is 11.5 Å². The van der Waals surface area contributed by atoms with Crippen molar-refractivity contribution in [3.05, 3.63) is 47.8 Å². The minimum Gasteiger partial charge on any atom is -0.493 e. The van der Waals surface area contributed by atoms with Crippen LogP contribution < -0.4 is 19.7 Å². The standard InChI is InChI=1S/C25H34FN3O2/c1-18-15-19(26)6-8-23(18)28-13-10-22(11-14-28)29-12-4-5-21(17-29)27-20-7-9-24(30-2)25(16-20)31-3/h6-9,15-16,21-22,27H,4-5,10-14,17H2,1-3H3. The van der Waals surface area contributed by atoms with Gasteiger partial charge < -0.3 is 19.7 Å². The Kier molecular flexibility index (Phi) is 6.86. The van der Waals surface area contributed by atoms with E-state index in [4.69, 9.17) is 9.47 Å². The lowest BCUT2D eigenvalue weighted by molar-refractivity contribution is 0.134. The maximum absolute atomic E-state index is 13.4. The molecule has 2 fully saturated rings. The third kappa shape index (κ3) is 5.06. The Morgan fingerprint density at radius 3 is 2.42 bits per heavy atom. The summed E-state index contributed by atoms with van der Waals surface area (Å²) in [5, 5.41) is 3.70. The zero-order valence-corrected chi connectivity index (χ0v) is 18.9. The summed E-state index contributed by atoms with van der Waals surface area (Å²) in [6.45, 7) is 6.29. The summed E-state index contributed by atoms with van der Waals surface area (Å²) in [5.41, 5.74) is 3.27. The fourth-order valence-electron chi connectivity index (χ4n) is 5.06. The van der Waals surface area contributed by atoms with Crippen LogP contribution in [0.15, 0.2) is 36.4 Å². The minimum absolute atomic E-state index is 0.155. The molecule has 0 spiro atoms. The van der Waals surface area contributed by atoms with Crippen LogP contribution in [-0.4, -0.2) is 57.4 Å². The SMILES string of the molecule is COc1ccc(NC2CCCN(C3CCN(c4ccc(F)cc4C)CC3)C2)cc1OC. The van der Waals surface area contributed by atoms with Gasteiger partial charge in [-0.25, -0.2) is 4.39 Å². The van der Waals surface area contributed by atoms with Crippen LogP contribution in [0, 0.1) is 12.7 Å². The molecule has 2 aliphatic heterocycles. The summed E-state index contributed by atoms with van der Waals surface area (Å²) in [5.74, 6) is 1.35. The van der Waals surface area contributed by atoms with Crippen LogP contribution in [0.25, 0.3) is 0 Å². The average Bonchev–Trinajstić information content (AvgIpc) is 2.79. The molecular formula is C25H34FN3O2. The third-order valence-electron chi connectivity index (χ3n) is 6.69. The Hall–Kier alpha value is -2.47. The van der Waals surface area contributed by atoms with Crippen LogP contribution in [0.1, 0.15) is 31.2 Å². The first kappa shape index (κ1) is 21.8. The second kappa shape index (κ2) is 9.77. The number of rotatable bonds is 6. The van der Waals surface area contributed by atoms with Crippen molar-refractivity contribution in [2.75, 3.05) is 50.6 Å². The van der Waals surface area contributed by atoms with Gasteiger partial charge in [0.05, 0.1) is 14.2 Å². The molecule has 4 rings (SSSR count). The Bertz CT molecular complexity index is 883. The molecule has 168 valence electrons. The molecular weight excluding hydrogens is 393 g/mol. The Labute approximate surface area is 185 Å². The van der Waals surface area contributed by atoms with E-state index in [1.165, 1.54) is 25.1 Å². The number of ether oxygens (including phenoxy) is 2. The van der Waals surface area contributed by atoms with Crippen molar-refractivity contribution in [3.8, 4) is 11.5 Å². The number of benzene rings is 2. The Balaban J connectivity index is 1.33. The number of likely N-dealkylation sites (tertiary alicyclic amines) is 1. The normalized spacial score (nSPS) is 20.5. The molecule has 0 bridgehead atoms. The van der Waals surface area contributed by atoms with Crippen LogP contribution >= 0.6 is 0 Å². The van der Waals surface area contributed by atoms with Crippen LogP contribution in [0.3, 0.4) is 0 Å². The highest BCUT2D eigenvalue weighted by molar-refractivity contribution is 5.55. The first-order valence-corrected chi connectivity index (χ1v) is 11.3. The second-order valence-corrected chi connectivity index (χ2v) is 8.70. The first-order valence-electron chi connectivity index (χ1n) is 11.3. The van der Waals surface area contributed by atoms with Crippen molar-refractivity contribution < 1.29 is 13.9 Å². The van der Waals surface area contributed by atoms with Gasteiger partial charge in [-0.05, 0) is 75.0 Å². The van der Waals surface area contributed by atoms with Gasteiger partial charge in [-0.1, -0.05) is 0 Å². The summed E-state index contributed by atoms with van der Waals surface area (Å²) in [6.07, 6.45) is 4.69. The van der Waals surface area contributed by atoms with Crippen LogP contribution in [0.2, 0.25) is 0 Å². The number of nitrogens with zero attached hydrogens (tertiary/aromatic N) is 2. The van der Waals surface area contributed by atoms with Gasteiger partial charge in [-0.15, -0.1) is 0 Å². The number of halogens is 1. The number of aryl methyl sites for hydroxylation is 1. The van der Waals surface area contributed by atoms with Crippen LogP contribution in [0.5, 0.6) is 11.5 Å². The molecule has 0 saturated carbocycles. The fraction of sp³-hybridized carbons (Fsp3) is 0.520. The van der Waals surface area contributed by atoms with E-state index < -0.39 is 0 Å². The molecule has 5 nitrogen and oxygen atoms in total. The molecule has 6 heteroatoms. The van der Waals surface area contributed by atoms with E-state index in [1.54, 1.807) is 26.4 Å². The van der Waals surface area contributed by atoms with E-state index in [2.05, 4.69) is 21.2 Å². The summed E-state index contributed by atoms with van der Waals surface area (Å²) in [7, 11) is 3.33. The summed E-state index contributed by atoms with van der Waals surface area (Å²) >= 11 is 0. The van der Waals surface area contributed by atoms with Gasteiger partial charge in [-0.2, -0.15) is 0 Å². The molecule has 0 radical (unpaired) electrons. The maximum Gasteiger partial charge on any atom is 0.162 e. The topological polar surface area (TPSA) is 37.0 Å². The van der Waals surface area contributed by atoms with E-state index in [0.29, 0.717) is 12.1 Å². The quantitative estimate of drug-likeness (QED) is 0.723. The van der Waals surface area contributed by atoms with Crippen LogP contribution in [0.4, 0.5) is 15.8 Å². The second-order valence-electron chi connectivity index (χ2n) is 8.70. The molecule has 2 aromatic rings. The van der Waals surface area contributed by atoms with E-state index in [9.17, 15) is 4.39 Å². The number of hydrogen-bond acceptors (Lipinski definition) is 5. The van der Waals surface area contributed by atoms with E-state index in [0.717, 1.165) is 55.2 Å². The molecule has 1 N–H and O–H groups in total. The highest BCUT2D eigenvalue weighted by atomic mass is 19.1. The van der Waals surface area contributed by atoms with Crippen molar-refractivity contribution in [2.45, 2.75) is 44.7 Å². The predicted octanol–water partition coefficient (Wildman–Crippen LogP) is 4.70.